The Morgan fingerprint density at radius 2 is 1.56 bits per heavy atom. The van der Waals surface area contributed by atoms with Crippen molar-refractivity contribution in [1.29, 1.82) is 0 Å². The summed E-state index contributed by atoms with van der Waals surface area (Å²) in [5.74, 6) is -0.0243. The molecule has 0 saturated carbocycles. The summed E-state index contributed by atoms with van der Waals surface area (Å²) in [6.45, 7) is 2.72. The molecule has 2 aromatic rings. The van der Waals surface area contributed by atoms with E-state index in [1.165, 1.54) is 28.0 Å². The van der Waals surface area contributed by atoms with Crippen LogP contribution >= 0.6 is 0 Å². The molecule has 1 fully saturated rings. The smallest absolute Gasteiger partial charge is 0.417 e. The number of piperazine rings is 1. The first kappa shape index (κ1) is 19.0. The minimum atomic E-state index is -4.60. The van der Waals surface area contributed by atoms with Gasteiger partial charge in [0.1, 0.15) is 5.76 Å². The highest BCUT2D eigenvalue weighted by Gasteiger charge is 2.36. The van der Waals surface area contributed by atoms with E-state index >= 15 is 0 Å². The fourth-order valence-electron chi connectivity index (χ4n) is 3.04. The first-order valence-corrected chi connectivity index (χ1v) is 8.64. The number of rotatable bonds is 3. The Hall–Kier alpha value is -2.77. The van der Waals surface area contributed by atoms with Gasteiger partial charge in [-0.05, 0) is 24.3 Å². The van der Waals surface area contributed by atoms with Gasteiger partial charge < -0.3 is 14.2 Å². The normalized spacial score (nSPS) is 15.1. The topological polar surface area (TPSA) is 53.8 Å². The molecule has 0 aliphatic carbocycles. The molecular weight excluding hydrogens is 361 g/mol. The van der Waals surface area contributed by atoms with Gasteiger partial charge in [0.2, 0.25) is 0 Å². The summed E-state index contributed by atoms with van der Waals surface area (Å²) in [6, 6.07) is 8.08. The van der Waals surface area contributed by atoms with Gasteiger partial charge in [-0.3, -0.25) is 9.59 Å². The lowest BCUT2D eigenvalue weighted by Crippen LogP contribution is -2.50. The minimum absolute atomic E-state index is 0.165. The molecule has 144 valence electrons. The van der Waals surface area contributed by atoms with Gasteiger partial charge in [0.25, 0.3) is 11.8 Å². The molecule has 0 N–H and O–H groups in total. The second-order valence-corrected chi connectivity index (χ2v) is 6.25. The monoisotopic (exact) mass is 380 g/mol. The van der Waals surface area contributed by atoms with Crippen molar-refractivity contribution in [2.24, 2.45) is 0 Å². The zero-order valence-electron chi connectivity index (χ0n) is 14.8. The fraction of sp³-hybridized carbons (Fsp3) is 0.368. The summed E-state index contributed by atoms with van der Waals surface area (Å²) in [5.41, 5.74) is -1.32. The lowest BCUT2D eigenvalue weighted by Gasteiger charge is -2.34. The molecule has 3 rings (SSSR count). The van der Waals surface area contributed by atoms with Crippen LogP contribution in [0.2, 0.25) is 0 Å². The molecular formula is C19H19F3N2O3. The number of aryl methyl sites for hydroxylation is 1. The SMILES string of the molecule is CCc1ccc(C(=O)N2CCN(C(=O)c3ccccc3C(F)(F)F)CC2)o1. The van der Waals surface area contributed by atoms with E-state index in [2.05, 4.69) is 0 Å². The van der Waals surface area contributed by atoms with E-state index in [0.717, 1.165) is 6.07 Å². The number of amides is 2. The summed E-state index contributed by atoms with van der Waals surface area (Å²) in [7, 11) is 0. The Labute approximate surface area is 154 Å². The Morgan fingerprint density at radius 3 is 2.11 bits per heavy atom. The Bertz CT molecular complexity index is 837. The van der Waals surface area contributed by atoms with Crippen LogP contribution in [0.5, 0.6) is 0 Å². The van der Waals surface area contributed by atoms with Crippen LogP contribution < -0.4 is 0 Å². The van der Waals surface area contributed by atoms with E-state index < -0.39 is 17.6 Å². The zero-order chi connectivity index (χ0) is 19.6. The van der Waals surface area contributed by atoms with Crippen LogP contribution in [0.3, 0.4) is 0 Å². The van der Waals surface area contributed by atoms with Gasteiger partial charge in [-0.2, -0.15) is 13.2 Å². The van der Waals surface area contributed by atoms with Crippen LogP contribution in [0.4, 0.5) is 13.2 Å². The second-order valence-electron chi connectivity index (χ2n) is 6.25. The van der Waals surface area contributed by atoms with Crippen molar-refractivity contribution in [1.82, 2.24) is 9.80 Å². The summed E-state index contributed by atoms with van der Waals surface area (Å²) in [4.78, 5) is 27.9. The first-order valence-electron chi connectivity index (χ1n) is 8.64. The fourth-order valence-corrected chi connectivity index (χ4v) is 3.04. The van der Waals surface area contributed by atoms with Crippen molar-refractivity contribution in [3.63, 3.8) is 0 Å². The van der Waals surface area contributed by atoms with Gasteiger partial charge in [0.05, 0.1) is 11.1 Å². The predicted molar refractivity (Wildman–Crippen MR) is 91.3 cm³/mol. The molecule has 0 radical (unpaired) electrons. The second kappa shape index (κ2) is 7.46. The molecule has 2 heterocycles. The third-order valence-electron chi connectivity index (χ3n) is 4.54. The maximum absolute atomic E-state index is 13.1. The van der Waals surface area contributed by atoms with E-state index in [1.54, 1.807) is 12.1 Å². The molecule has 1 aromatic heterocycles. The first-order chi connectivity index (χ1) is 12.8. The molecule has 0 bridgehead atoms. The van der Waals surface area contributed by atoms with Crippen molar-refractivity contribution in [3.05, 3.63) is 59.0 Å². The van der Waals surface area contributed by atoms with E-state index in [-0.39, 0.29) is 43.4 Å². The lowest BCUT2D eigenvalue weighted by molar-refractivity contribution is -0.138. The van der Waals surface area contributed by atoms with Gasteiger partial charge in [-0.25, -0.2) is 0 Å². The van der Waals surface area contributed by atoms with Crippen molar-refractivity contribution >= 4 is 11.8 Å². The lowest BCUT2D eigenvalue weighted by atomic mass is 10.1. The summed E-state index contributed by atoms with van der Waals surface area (Å²) < 4.78 is 44.8. The summed E-state index contributed by atoms with van der Waals surface area (Å²) in [5, 5.41) is 0. The molecule has 1 aromatic carbocycles. The average Bonchev–Trinajstić information content (AvgIpc) is 3.15. The van der Waals surface area contributed by atoms with Gasteiger partial charge in [-0.1, -0.05) is 19.1 Å². The number of halogens is 3. The molecule has 5 nitrogen and oxygen atoms in total. The number of hydrogen-bond donors (Lipinski definition) is 0. The molecule has 0 spiro atoms. The maximum atomic E-state index is 13.1. The largest absolute Gasteiger partial charge is 0.456 e. The summed E-state index contributed by atoms with van der Waals surface area (Å²) in [6.07, 6.45) is -3.92. The number of carbonyl (C=O) groups is 2. The highest BCUT2D eigenvalue weighted by atomic mass is 19.4. The van der Waals surface area contributed by atoms with Gasteiger partial charge in [0, 0.05) is 32.6 Å². The third kappa shape index (κ3) is 3.99. The molecule has 8 heteroatoms. The standard InChI is InChI=1S/C19H19F3N2O3/c1-2-13-7-8-16(27-13)18(26)24-11-9-23(10-12-24)17(25)14-5-3-4-6-15(14)19(20,21)22/h3-8H,2,9-12H2,1H3. The molecule has 2 amide bonds. The zero-order valence-corrected chi connectivity index (χ0v) is 14.8. The van der Waals surface area contributed by atoms with Crippen LogP contribution in [-0.2, 0) is 12.6 Å². The van der Waals surface area contributed by atoms with Crippen molar-refractivity contribution < 1.29 is 27.2 Å². The van der Waals surface area contributed by atoms with Gasteiger partial charge in [0.15, 0.2) is 5.76 Å². The number of alkyl halides is 3. The average molecular weight is 380 g/mol. The van der Waals surface area contributed by atoms with Gasteiger partial charge >= 0.3 is 6.18 Å². The van der Waals surface area contributed by atoms with Crippen molar-refractivity contribution in [2.45, 2.75) is 19.5 Å². The highest BCUT2D eigenvalue weighted by molar-refractivity contribution is 5.96. The Balaban J connectivity index is 1.67. The molecule has 1 saturated heterocycles. The van der Waals surface area contributed by atoms with E-state index in [1.807, 2.05) is 6.92 Å². The number of nitrogens with zero attached hydrogens (tertiary/aromatic N) is 2. The molecule has 1 aliphatic heterocycles. The molecule has 0 atom stereocenters. The van der Waals surface area contributed by atoms with E-state index in [0.29, 0.717) is 12.2 Å². The van der Waals surface area contributed by atoms with Gasteiger partial charge in [-0.15, -0.1) is 0 Å². The number of hydrogen-bond acceptors (Lipinski definition) is 3. The van der Waals surface area contributed by atoms with Crippen LogP contribution in [-0.4, -0.2) is 47.8 Å². The Morgan fingerprint density at radius 1 is 0.963 bits per heavy atom. The van der Waals surface area contributed by atoms with Crippen molar-refractivity contribution in [2.75, 3.05) is 26.2 Å². The molecule has 1 aliphatic rings. The Kier molecular flexibility index (Phi) is 5.25. The molecule has 27 heavy (non-hydrogen) atoms. The van der Waals surface area contributed by atoms with Crippen LogP contribution in [0.25, 0.3) is 0 Å². The number of furan rings is 1. The van der Waals surface area contributed by atoms with Crippen LogP contribution in [0.1, 0.15) is 39.2 Å². The van der Waals surface area contributed by atoms with Crippen molar-refractivity contribution in [3.8, 4) is 0 Å². The van der Waals surface area contributed by atoms with E-state index in [9.17, 15) is 22.8 Å². The number of carbonyl (C=O) groups excluding carboxylic acids is 2. The predicted octanol–water partition coefficient (Wildman–Crippen LogP) is 3.46. The number of benzene rings is 1. The third-order valence-corrected chi connectivity index (χ3v) is 4.54. The van der Waals surface area contributed by atoms with Crippen LogP contribution in [0.15, 0.2) is 40.8 Å². The highest BCUT2D eigenvalue weighted by Crippen LogP contribution is 2.32. The quantitative estimate of drug-likeness (QED) is 0.820. The summed E-state index contributed by atoms with van der Waals surface area (Å²) >= 11 is 0. The van der Waals surface area contributed by atoms with E-state index in [4.69, 9.17) is 4.42 Å². The van der Waals surface area contributed by atoms with Crippen LogP contribution in [0, 0.1) is 0 Å². The maximum Gasteiger partial charge on any atom is 0.417 e. The minimum Gasteiger partial charge on any atom is -0.456 e. The molecule has 0 unspecified atom stereocenters.